The van der Waals surface area contributed by atoms with E-state index in [0.29, 0.717) is 6.54 Å². The molecule has 0 aromatic heterocycles. The zero-order valence-corrected chi connectivity index (χ0v) is 12.0. The van der Waals surface area contributed by atoms with Gasteiger partial charge in [-0.05, 0) is 44.6 Å². The average Bonchev–Trinajstić information content (AvgIpc) is 3.24. The minimum absolute atomic E-state index is 0.265. The smallest absolute Gasteiger partial charge is 0.236 e. The van der Waals surface area contributed by atoms with Crippen LogP contribution in [0, 0.1) is 5.92 Å². The van der Waals surface area contributed by atoms with Gasteiger partial charge in [0.15, 0.2) is 0 Å². The van der Waals surface area contributed by atoms with Gasteiger partial charge in [-0.2, -0.15) is 0 Å². The van der Waals surface area contributed by atoms with Gasteiger partial charge in [-0.15, -0.1) is 0 Å². The molecule has 1 amide bonds. The summed E-state index contributed by atoms with van der Waals surface area (Å²) in [7, 11) is 0. The van der Waals surface area contributed by atoms with Crippen molar-refractivity contribution in [1.29, 1.82) is 0 Å². The highest BCUT2D eigenvalue weighted by molar-refractivity contribution is 5.78. The Balaban J connectivity index is 1.43. The number of likely N-dealkylation sites (tertiary alicyclic amines) is 1. The van der Waals surface area contributed by atoms with Crippen LogP contribution in [-0.2, 0) is 9.53 Å². The Morgan fingerprint density at radius 3 is 2.58 bits per heavy atom. The summed E-state index contributed by atoms with van der Waals surface area (Å²) in [6.07, 6.45) is 8.58. The van der Waals surface area contributed by atoms with Crippen LogP contribution in [0.25, 0.3) is 0 Å². The summed E-state index contributed by atoms with van der Waals surface area (Å²) >= 11 is 0. The van der Waals surface area contributed by atoms with Crippen LogP contribution in [0.3, 0.4) is 0 Å². The second-order valence-corrected chi connectivity index (χ2v) is 5.84. The number of carbonyl (C=O) groups excluding carboxylic acids is 1. The Morgan fingerprint density at radius 1 is 1.16 bits per heavy atom. The van der Waals surface area contributed by atoms with Crippen molar-refractivity contribution in [1.82, 2.24) is 10.2 Å². The maximum Gasteiger partial charge on any atom is 0.236 e. The van der Waals surface area contributed by atoms with Gasteiger partial charge in [0, 0.05) is 26.3 Å². The molecule has 1 heterocycles. The highest BCUT2D eigenvalue weighted by Gasteiger charge is 2.20. The van der Waals surface area contributed by atoms with E-state index in [0.717, 1.165) is 45.2 Å². The zero-order valence-electron chi connectivity index (χ0n) is 12.0. The molecular weight excluding hydrogens is 240 g/mol. The molecule has 0 bridgehead atoms. The fraction of sp³-hybridized carbons (Fsp3) is 0.933. The monoisotopic (exact) mass is 268 g/mol. The van der Waals surface area contributed by atoms with Gasteiger partial charge < -0.3 is 15.0 Å². The third-order valence-corrected chi connectivity index (χ3v) is 3.93. The maximum atomic E-state index is 12.0. The summed E-state index contributed by atoms with van der Waals surface area (Å²) in [5.74, 6) is 1.11. The molecule has 2 fully saturated rings. The topological polar surface area (TPSA) is 41.6 Å². The number of hydrogen-bond acceptors (Lipinski definition) is 3. The van der Waals surface area contributed by atoms with E-state index in [4.69, 9.17) is 4.74 Å². The summed E-state index contributed by atoms with van der Waals surface area (Å²) in [4.78, 5) is 14.0. The third kappa shape index (κ3) is 6.39. The van der Waals surface area contributed by atoms with E-state index in [1.807, 2.05) is 4.90 Å². The largest absolute Gasteiger partial charge is 0.381 e. The molecule has 1 aliphatic heterocycles. The molecule has 1 N–H and O–H groups in total. The number of hydrogen-bond donors (Lipinski definition) is 1. The van der Waals surface area contributed by atoms with Crippen molar-refractivity contribution in [2.24, 2.45) is 5.92 Å². The Labute approximate surface area is 116 Å². The first-order chi connectivity index (χ1) is 9.36. The molecule has 0 aromatic carbocycles. The lowest BCUT2D eigenvalue weighted by Crippen LogP contribution is -2.39. The van der Waals surface area contributed by atoms with Crippen molar-refractivity contribution in [2.45, 2.75) is 44.9 Å². The second kappa shape index (κ2) is 8.54. The van der Waals surface area contributed by atoms with Gasteiger partial charge in [-0.25, -0.2) is 0 Å². The molecule has 0 atom stereocenters. The van der Waals surface area contributed by atoms with E-state index in [2.05, 4.69) is 5.32 Å². The van der Waals surface area contributed by atoms with Crippen LogP contribution >= 0.6 is 0 Å². The first-order valence-corrected chi connectivity index (χ1v) is 7.92. The normalized spacial score (nSPS) is 20.3. The Bertz CT molecular complexity index is 259. The molecule has 19 heavy (non-hydrogen) atoms. The summed E-state index contributed by atoms with van der Waals surface area (Å²) in [6, 6.07) is 0. The molecule has 4 nitrogen and oxygen atoms in total. The molecule has 0 unspecified atom stereocenters. The van der Waals surface area contributed by atoms with E-state index >= 15 is 0 Å². The molecule has 110 valence electrons. The van der Waals surface area contributed by atoms with E-state index < -0.39 is 0 Å². The maximum absolute atomic E-state index is 12.0. The van der Waals surface area contributed by atoms with Crippen LogP contribution in [0.2, 0.25) is 0 Å². The van der Waals surface area contributed by atoms with E-state index in [9.17, 15) is 4.79 Å². The predicted octanol–water partition coefficient (Wildman–Crippen LogP) is 1.80. The molecule has 4 heteroatoms. The van der Waals surface area contributed by atoms with Gasteiger partial charge in [0.1, 0.15) is 0 Å². The third-order valence-electron chi connectivity index (χ3n) is 3.93. The zero-order chi connectivity index (χ0) is 13.3. The molecular formula is C15H28N2O2. The van der Waals surface area contributed by atoms with Gasteiger partial charge in [-0.1, -0.05) is 12.8 Å². The van der Waals surface area contributed by atoms with Crippen LogP contribution in [0.4, 0.5) is 0 Å². The van der Waals surface area contributed by atoms with Gasteiger partial charge in [-0.3, -0.25) is 4.79 Å². The summed E-state index contributed by atoms with van der Waals surface area (Å²) in [5.41, 5.74) is 0. The Hall–Kier alpha value is -0.610. The predicted molar refractivity (Wildman–Crippen MR) is 76.1 cm³/mol. The van der Waals surface area contributed by atoms with Crippen molar-refractivity contribution in [2.75, 3.05) is 39.4 Å². The van der Waals surface area contributed by atoms with Crippen LogP contribution in [-0.4, -0.2) is 50.2 Å². The number of nitrogens with one attached hydrogen (secondary N) is 1. The fourth-order valence-electron chi connectivity index (χ4n) is 2.46. The van der Waals surface area contributed by atoms with Gasteiger partial charge in [0.2, 0.25) is 5.91 Å². The highest BCUT2D eigenvalue weighted by atomic mass is 16.5. The number of nitrogens with zero attached hydrogens (tertiary/aromatic N) is 1. The minimum atomic E-state index is 0.265. The molecule has 2 aliphatic rings. The summed E-state index contributed by atoms with van der Waals surface area (Å²) in [5, 5.41) is 3.24. The molecule has 1 aliphatic carbocycles. The van der Waals surface area contributed by atoms with Crippen molar-refractivity contribution in [3.8, 4) is 0 Å². The van der Waals surface area contributed by atoms with Crippen LogP contribution in [0.1, 0.15) is 44.9 Å². The average molecular weight is 268 g/mol. The lowest BCUT2D eigenvalue weighted by atomic mass is 10.2. The van der Waals surface area contributed by atoms with Gasteiger partial charge in [0.25, 0.3) is 0 Å². The summed E-state index contributed by atoms with van der Waals surface area (Å²) < 4.78 is 5.56. The first-order valence-electron chi connectivity index (χ1n) is 7.92. The van der Waals surface area contributed by atoms with Crippen LogP contribution in [0.15, 0.2) is 0 Å². The van der Waals surface area contributed by atoms with Crippen molar-refractivity contribution in [3.63, 3.8) is 0 Å². The number of amides is 1. The lowest BCUT2D eigenvalue weighted by molar-refractivity contribution is -0.130. The van der Waals surface area contributed by atoms with Crippen molar-refractivity contribution < 1.29 is 9.53 Å². The molecule has 1 saturated heterocycles. The summed E-state index contributed by atoms with van der Waals surface area (Å²) in [6.45, 7) is 5.02. The molecule has 0 radical (unpaired) electrons. The highest BCUT2D eigenvalue weighted by Crippen LogP contribution is 2.28. The van der Waals surface area contributed by atoms with Crippen molar-refractivity contribution >= 4 is 5.91 Å². The quantitative estimate of drug-likeness (QED) is 0.683. The minimum Gasteiger partial charge on any atom is -0.381 e. The van der Waals surface area contributed by atoms with Gasteiger partial charge >= 0.3 is 0 Å². The second-order valence-electron chi connectivity index (χ2n) is 5.84. The van der Waals surface area contributed by atoms with E-state index in [1.54, 1.807) is 0 Å². The first kappa shape index (κ1) is 14.8. The molecule has 0 spiro atoms. The van der Waals surface area contributed by atoms with Crippen molar-refractivity contribution in [3.05, 3.63) is 0 Å². The molecule has 0 aromatic rings. The SMILES string of the molecule is O=C(CNCCCOCC1CC1)N1CCCCCC1. The van der Waals surface area contributed by atoms with Crippen LogP contribution < -0.4 is 5.32 Å². The Kier molecular flexibility index (Phi) is 6.65. The Morgan fingerprint density at radius 2 is 1.89 bits per heavy atom. The fourth-order valence-corrected chi connectivity index (χ4v) is 2.46. The number of rotatable bonds is 8. The lowest BCUT2D eigenvalue weighted by Gasteiger charge is -2.20. The molecule has 2 rings (SSSR count). The van der Waals surface area contributed by atoms with Crippen LogP contribution in [0.5, 0.6) is 0 Å². The number of carbonyl (C=O) groups is 1. The standard InChI is InChI=1S/C15H28N2O2/c18-15(17-9-3-1-2-4-10-17)12-16-8-5-11-19-13-14-6-7-14/h14,16H,1-13H2. The van der Waals surface area contributed by atoms with E-state index in [-0.39, 0.29) is 5.91 Å². The molecule has 1 saturated carbocycles. The number of ether oxygens (including phenoxy) is 1. The van der Waals surface area contributed by atoms with Gasteiger partial charge in [0.05, 0.1) is 6.54 Å². The van der Waals surface area contributed by atoms with E-state index in [1.165, 1.54) is 38.5 Å².